The van der Waals surface area contributed by atoms with Crippen LogP contribution in [0.25, 0.3) is 0 Å². The molecule has 0 aliphatic carbocycles. The van der Waals surface area contributed by atoms with Gasteiger partial charge in [-0.2, -0.15) is 10.4 Å². The summed E-state index contributed by atoms with van der Waals surface area (Å²) >= 11 is 0. The smallest absolute Gasteiger partial charge is 0.430 e. The van der Waals surface area contributed by atoms with Gasteiger partial charge in [-0.15, -0.1) is 4.90 Å². The molecule has 0 bridgehead atoms. The summed E-state index contributed by atoms with van der Waals surface area (Å²) in [4.78, 5) is 23.7. The van der Waals surface area contributed by atoms with E-state index >= 15 is 0 Å². The number of imide groups is 1. The van der Waals surface area contributed by atoms with Crippen molar-refractivity contribution in [1.29, 1.82) is 5.26 Å². The third-order valence-electron chi connectivity index (χ3n) is 4.36. The van der Waals surface area contributed by atoms with Crippen molar-refractivity contribution in [3.63, 3.8) is 0 Å². The average Bonchev–Trinajstić information content (AvgIpc) is 2.72. The lowest BCUT2D eigenvalue weighted by Gasteiger charge is -2.13. The molecule has 0 aromatic heterocycles. The van der Waals surface area contributed by atoms with Crippen LogP contribution in [0, 0.1) is 32.2 Å². The summed E-state index contributed by atoms with van der Waals surface area (Å²) in [6, 6.07) is 8.99. The Morgan fingerprint density at radius 3 is 2.60 bits per heavy atom. The van der Waals surface area contributed by atoms with E-state index in [4.69, 9.17) is 6.63 Å². The van der Waals surface area contributed by atoms with Crippen LogP contribution in [-0.4, -0.2) is 34.8 Å². The fourth-order valence-electron chi connectivity index (χ4n) is 2.88. The van der Waals surface area contributed by atoms with Crippen molar-refractivity contribution >= 4 is 23.9 Å². The first-order valence-electron chi connectivity index (χ1n) is 9.91. The van der Waals surface area contributed by atoms with Gasteiger partial charge in [-0.3, -0.25) is 10.2 Å². The van der Waals surface area contributed by atoms with Crippen molar-refractivity contribution in [3.05, 3.63) is 58.1 Å². The highest BCUT2D eigenvalue weighted by atomic mass is 16.6. The van der Waals surface area contributed by atoms with Gasteiger partial charge in [0, 0.05) is 1.37 Å². The van der Waals surface area contributed by atoms with E-state index in [0.29, 0.717) is 17.7 Å². The lowest BCUT2D eigenvalue weighted by molar-refractivity contribution is -0.119. The molecule has 0 saturated carbocycles. The molecular weight excluding hydrogens is 384 g/mol. The van der Waals surface area contributed by atoms with Crippen LogP contribution in [0.5, 0.6) is 5.75 Å². The second-order valence-corrected chi connectivity index (χ2v) is 6.57. The molecule has 0 heterocycles. The maximum Gasteiger partial charge on any atom is 0.430 e. The van der Waals surface area contributed by atoms with Crippen molar-refractivity contribution < 1.29 is 20.8 Å². The van der Waals surface area contributed by atoms with E-state index in [1.165, 1.54) is 6.19 Å². The minimum atomic E-state index is -1.06. The monoisotopic (exact) mass is 409 g/mol. The van der Waals surface area contributed by atoms with E-state index in [1.54, 1.807) is 13.0 Å². The summed E-state index contributed by atoms with van der Waals surface area (Å²) in [7, 11) is 0. The topological polar surface area (TPSA) is 115 Å². The van der Waals surface area contributed by atoms with Crippen molar-refractivity contribution in [1.82, 2.24) is 4.90 Å². The number of aryl methyl sites for hydroxylation is 3. The molecule has 2 amide bonds. The zero-order chi connectivity index (χ0) is 23.0. The number of nitrogens with zero attached hydrogens (tertiary/aromatic N) is 3. The summed E-state index contributed by atoms with van der Waals surface area (Å²) in [6.45, 7) is 5.52. The van der Waals surface area contributed by atoms with Crippen LogP contribution < -0.4 is 5.43 Å². The number of benzene rings is 2. The van der Waals surface area contributed by atoms with Crippen LogP contribution in [0.15, 0.2) is 35.4 Å². The van der Waals surface area contributed by atoms with Crippen LogP contribution in [0.1, 0.15) is 36.1 Å². The summed E-state index contributed by atoms with van der Waals surface area (Å²) in [5, 5.41) is 22.5. The molecule has 0 aliphatic heterocycles. The van der Waals surface area contributed by atoms with E-state index in [9.17, 15) is 14.7 Å². The molecule has 0 atom stereocenters. The number of rotatable bonds is 6. The zero-order valence-electron chi connectivity index (χ0n) is 18.1. The zero-order valence-corrected chi connectivity index (χ0v) is 17.1. The lowest BCUT2D eigenvalue weighted by Crippen LogP contribution is -2.34. The number of carbonyl (C=O) groups is 2. The number of nitriles is 1. The predicted molar refractivity (Wildman–Crippen MR) is 113 cm³/mol. The molecule has 0 radical (unpaired) electrons. The fraction of sp³-hybridized carbons (Fsp3) is 0.273. The first-order valence-corrected chi connectivity index (χ1v) is 9.20. The Labute approximate surface area is 176 Å². The summed E-state index contributed by atoms with van der Waals surface area (Å²) in [6.07, 6.45) is 1.88. The molecule has 8 heteroatoms. The van der Waals surface area contributed by atoms with Gasteiger partial charge in [0.05, 0.1) is 12.3 Å². The minimum Gasteiger partial charge on any atom is -0.508 e. The SMILES string of the molecule is [2H]Cc1cc(Cc2c(C)cc(N/N=C/C(=O)N(C#N)C(=O)OCC)cc2C)ccc1O. The molecule has 156 valence electrons. The first-order chi connectivity index (χ1) is 14.8. The number of phenols is 1. The predicted octanol–water partition coefficient (Wildman–Crippen LogP) is 3.77. The van der Waals surface area contributed by atoms with Gasteiger partial charge in [-0.25, -0.2) is 4.79 Å². The van der Waals surface area contributed by atoms with Gasteiger partial charge in [0.15, 0.2) is 6.19 Å². The van der Waals surface area contributed by atoms with Crippen LogP contribution >= 0.6 is 0 Å². The molecule has 2 aromatic carbocycles. The molecule has 2 N–H and O–H groups in total. The number of hydrogen-bond acceptors (Lipinski definition) is 7. The molecule has 2 rings (SSSR count). The van der Waals surface area contributed by atoms with Gasteiger partial charge in [0.25, 0.3) is 5.91 Å². The number of ether oxygens (including phenoxy) is 1. The summed E-state index contributed by atoms with van der Waals surface area (Å²) in [5.41, 5.74) is 8.03. The van der Waals surface area contributed by atoms with Crippen molar-refractivity contribution in [3.8, 4) is 11.9 Å². The third-order valence-corrected chi connectivity index (χ3v) is 4.36. The standard InChI is InChI=1S/C22H24N4O4/c1-5-30-22(29)26(13-23)21(28)12-24-25-18-9-14(2)19(15(3)10-18)11-17-6-7-20(27)16(4)8-17/h6-10,12,25,27H,5,11H2,1-4H3/b24-12+/i4D. The van der Waals surface area contributed by atoms with Crippen molar-refractivity contribution in [2.45, 2.75) is 34.1 Å². The number of carbonyl (C=O) groups excluding carboxylic acids is 2. The lowest BCUT2D eigenvalue weighted by atomic mass is 9.94. The van der Waals surface area contributed by atoms with Gasteiger partial charge in [0.2, 0.25) is 0 Å². The molecule has 0 spiro atoms. The van der Waals surface area contributed by atoms with Gasteiger partial charge >= 0.3 is 6.09 Å². The van der Waals surface area contributed by atoms with E-state index in [0.717, 1.165) is 28.5 Å². The highest BCUT2D eigenvalue weighted by molar-refractivity contribution is 6.30. The number of hydrogen-bond donors (Lipinski definition) is 2. The highest BCUT2D eigenvalue weighted by Crippen LogP contribution is 2.25. The fourth-order valence-corrected chi connectivity index (χ4v) is 2.88. The van der Waals surface area contributed by atoms with Crippen molar-refractivity contribution in [2.24, 2.45) is 5.10 Å². The van der Waals surface area contributed by atoms with Gasteiger partial charge in [-0.1, -0.05) is 12.1 Å². The third kappa shape index (κ3) is 5.58. The molecule has 8 nitrogen and oxygen atoms in total. The Bertz CT molecular complexity index is 1020. The highest BCUT2D eigenvalue weighted by Gasteiger charge is 2.21. The van der Waals surface area contributed by atoms with E-state index < -0.39 is 12.0 Å². The Kier molecular flexibility index (Phi) is 7.00. The Hall–Kier alpha value is -3.86. The molecule has 0 fully saturated rings. The Morgan fingerprint density at radius 1 is 1.30 bits per heavy atom. The number of nitrogens with one attached hydrogen (secondary N) is 1. The maximum atomic E-state index is 11.9. The van der Waals surface area contributed by atoms with Gasteiger partial charge in [0.1, 0.15) is 12.0 Å². The number of aromatic hydroxyl groups is 1. The second-order valence-electron chi connectivity index (χ2n) is 6.57. The molecule has 0 unspecified atom stereocenters. The molecular formula is C22H24N4O4. The average molecular weight is 409 g/mol. The van der Waals surface area contributed by atoms with E-state index in [2.05, 4.69) is 15.3 Å². The normalized spacial score (nSPS) is 10.9. The molecule has 0 aliphatic rings. The number of anilines is 1. The van der Waals surface area contributed by atoms with Crippen LogP contribution in [-0.2, 0) is 16.0 Å². The quantitative estimate of drug-likeness (QED) is 0.325. The number of phenolic OH excluding ortho intramolecular Hbond substituents is 1. The summed E-state index contributed by atoms with van der Waals surface area (Å²) < 4.78 is 12.1. The van der Waals surface area contributed by atoms with Crippen molar-refractivity contribution in [2.75, 3.05) is 12.0 Å². The molecule has 0 saturated heterocycles. The van der Waals surface area contributed by atoms with Crippen LogP contribution in [0.2, 0.25) is 0 Å². The maximum absolute atomic E-state index is 11.9. The molecule has 30 heavy (non-hydrogen) atoms. The van der Waals surface area contributed by atoms with Crippen LogP contribution in [0.3, 0.4) is 0 Å². The largest absolute Gasteiger partial charge is 0.508 e. The Morgan fingerprint density at radius 2 is 2.00 bits per heavy atom. The first kappa shape index (κ1) is 20.9. The Balaban J connectivity index is 2.12. The summed E-state index contributed by atoms with van der Waals surface area (Å²) in [5.74, 6) is -0.798. The second kappa shape index (κ2) is 10.1. The van der Waals surface area contributed by atoms with E-state index in [-0.39, 0.29) is 24.2 Å². The number of hydrazone groups is 1. The van der Waals surface area contributed by atoms with Crippen LogP contribution in [0.4, 0.5) is 10.5 Å². The number of amides is 2. The van der Waals surface area contributed by atoms with E-state index in [1.807, 2.05) is 38.1 Å². The van der Waals surface area contributed by atoms with Gasteiger partial charge < -0.3 is 9.84 Å². The minimum absolute atomic E-state index is 0.0105. The molecule has 2 aromatic rings. The van der Waals surface area contributed by atoms with Gasteiger partial charge in [-0.05, 0) is 80.1 Å².